The lowest BCUT2D eigenvalue weighted by Crippen LogP contribution is -2.49. The summed E-state index contributed by atoms with van der Waals surface area (Å²) in [6.07, 6.45) is 2.48. The molecule has 0 aliphatic heterocycles. The smallest absolute Gasteiger partial charge is 0.0677 e. The number of halogens is 2. The van der Waals surface area contributed by atoms with E-state index < -0.39 is 8.07 Å². The van der Waals surface area contributed by atoms with Crippen LogP contribution in [0.15, 0.2) is 45.3 Å². The van der Waals surface area contributed by atoms with Crippen molar-refractivity contribution in [3.63, 3.8) is 0 Å². The Balaban J connectivity index is 1.89. The van der Waals surface area contributed by atoms with E-state index in [4.69, 9.17) is 0 Å². The molecule has 0 radical (unpaired) electrons. The first-order valence-corrected chi connectivity index (χ1v) is 14.6. The molecule has 0 fully saturated rings. The van der Waals surface area contributed by atoms with Gasteiger partial charge in [-0.3, -0.25) is 0 Å². The van der Waals surface area contributed by atoms with Crippen molar-refractivity contribution in [2.75, 3.05) is 0 Å². The van der Waals surface area contributed by atoms with Crippen LogP contribution in [0.1, 0.15) is 61.0 Å². The fourth-order valence-corrected chi connectivity index (χ4v) is 14.7. The maximum atomic E-state index is 3.85. The first kappa shape index (κ1) is 19.9. The maximum Gasteiger partial charge on any atom is 0.0689 e. The highest BCUT2D eigenvalue weighted by molar-refractivity contribution is 9.10. The van der Waals surface area contributed by atoms with Crippen LogP contribution in [0, 0.1) is 11.8 Å². The number of fused-ring (bicyclic) bond motifs is 2. The minimum Gasteiger partial charge on any atom is -0.0677 e. The number of rotatable bonds is 4. The Labute approximate surface area is 182 Å². The Hall–Kier alpha value is -0.383. The third-order valence-electron chi connectivity index (χ3n) is 7.73. The highest BCUT2D eigenvalue weighted by atomic mass is 79.9. The van der Waals surface area contributed by atoms with Crippen LogP contribution in [0.3, 0.4) is 0 Å². The molecule has 2 aliphatic carbocycles. The molecule has 144 valence electrons. The number of benzene rings is 2. The first-order chi connectivity index (χ1) is 12.9. The summed E-state index contributed by atoms with van der Waals surface area (Å²) in [5.41, 5.74) is 8.07. The molecule has 27 heavy (non-hydrogen) atoms. The van der Waals surface area contributed by atoms with Crippen LogP contribution < -0.4 is 0 Å². The summed E-state index contributed by atoms with van der Waals surface area (Å²) >= 11 is 7.71. The Morgan fingerprint density at radius 3 is 1.56 bits per heavy atom. The molecular formula is C24H30Br2Si. The second-order valence-electron chi connectivity index (χ2n) is 8.87. The molecule has 2 aromatic carbocycles. The van der Waals surface area contributed by atoms with E-state index in [1.54, 1.807) is 22.3 Å². The van der Waals surface area contributed by atoms with Crippen molar-refractivity contribution in [1.82, 2.24) is 0 Å². The second kappa shape index (κ2) is 7.46. The van der Waals surface area contributed by atoms with E-state index >= 15 is 0 Å². The van der Waals surface area contributed by atoms with Crippen molar-refractivity contribution >= 4 is 39.9 Å². The zero-order valence-corrected chi connectivity index (χ0v) is 21.0. The van der Waals surface area contributed by atoms with Gasteiger partial charge in [-0.25, -0.2) is 0 Å². The Morgan fingerprint density at radius 2 is 1.19 bits per heavy atom. The van der Waals surface area contributed by atoms with Crippen LogP contribution in [0.5, 0.6) is 0 Å². The molecule has 0 amide bonds. The highest BCUT2D eigenvalue weighted by Crippen LogP contribution is 2.57. The normalized spacial score (nSPS) is 26.9. The summed E-state index contributed by atoms with van der Waals surface area (Å²) in [6, 6.07) is 16.7. The molecule has 0 aromatic heterocycles. The molecular weight excluding hydrogens is 476 g/mol. The zero-order chi connectivity index (χ0) is 19.3. The molecule has 0 heterocycles. The van der Waals surface area contributed by atoms with Crippen molar-refractivity contribution in [2.24, 2.45) is 11.8 Å². The van der Waals surface area contributed by atoms with Crippen molar-refractivity contribution in [3.05, 3.63) is 67.6 Å². The lowest BCUT2D eigenvalue weighted by atomic mass is 10.1. The van der Waals surface area contributed by atoms with Gasteiger partial charge in [0.2, 0.25) is 0 Å². The molecule has 4 atom stereocenters. The van der Waals surface area contributed by atoms with Gasteiger partial charge in [0.05, 0.1) is 8.07 Å². The van der Waals surface area contributed by atoms with Crippen LogP contribution >= 0.6 is 31.9 Å². The van der Waals surface area contributed by atoms with Crippen LogP contribution in [-0.2, 0) is 12.8 Å². The van der Waals surface area contributed by atoms with Crippen molar-refractivity contribution in [1.29, 1.82) is 0 Å². The van der Waals surface area contributed by atoms with E-state index in [2.05, 4.69) is 96.0 Å². The van der Waals surface area contributed by atoms with Crippen molar-refractivity contribution < 1.29 is 0 Å². The summed E-state index contributed by atoms with van der Waals surface area (Å²) < 4.78 is 2.65. The average molecular weight is 506 g/mol. The van der Waals surface area contributed by atoms with Gasteiger partial charge in [-0.2, -0.15) is 0 Å². The molecule has 0 nitrogen and oxygen atoms in total. The summed E-state index contributed by atoms with van der Waals surface area (Å²) in [6.45, 7) is 10.0. The zero-order valence-electron chi connectivity index (χ0n) is 16.9. The standard InChI is InChI=1S/C24H30Br2Si/c1-5-27(6-2,23-15(3)13-19-17(23)9-7-11-21(19)25)24-16(4)14-20-18(24)10-8-12-22(20)26/h7-12,15-16,23-24H,5-6,13-14H2,1-4H3. The van der Waals surface area contributed by atoms with Gasteiger partial charge < -0.3 is 0 Å². The van der Waals surface area contributed by atoms with E-state index in [9.17, 15) is 0 Å². The summed E-state index contributed by atoms with van der Waals surface area (Å²) in [7, 11) is -1.59. The molecule has 2 aromatic rings. The SMILES string of the molecule is CC[Si](CC)(C1c2cccc(Br)c2CC1C)C1c2cccc(Br)c2CC1C. The van der Waals surface area contributed by atoms with Gasteiger partial charge in [-0.15, -0.1) is 0 Å². The average Bonchev–Trinajstić information content (AvgIpc) is 3.17. The molecule has 0 saturated carbocycles. The predicted octanol–water partition coefficient (Wildman–Crippen LogP) is 8.03. The molecule has 0 bridgehead atoms. The van der Waals surface area contributed by atoms with Crippen LogP contribution in [0.25, 0.3) is 0 Å². The fourth-order valence-electron chi connectivity index (χ4n) is 6.73. The van der Waals surface area contributed by atoms with E-state index in [-0.39, 0.29) is 0 Å². The van der Waals surface area contributed by atoms with Gasteiger partial charge in [0, 0.05) is 8.95 Å². The molecule has 3 heteroatoms. The maximum absolute atomic E-state index is 3.85. The Bertz CT molecular complexity index is 788. The minimum atomic E-state index is -1.59. The largest absolute Gasteiger partial charge is 0.0689 e. The van der Waals surface area contributed by atoms with Crippen molar-refractivity contribution in [2.45, 2.75) is 63.7 Å². The van der Waals surface area contributed by atoms with Crippen LogP contribution in [0.2, 0.25) is 12.1 Å². The van der Waals surface area contributed by atoms with Crippen molar-refractivity contribution in [3.8, 4) is 0 Å². The quantitative estimate of drug-likeness (QED) is 0.369. The third-order valence-corrected chi connectivity index (χ3v) is 16.1. The van der Waals surface area contributed by atoms with E-state index in [0.717, 1.165) is 22.9 Å². The Morgan fingerprint density at radius 1 is 0.778 bits per heavy atom. The fraction of sp³-hybridized carbons (Fsp3) is 0.500. The third kappa shape index (κ3) is 2.95. The van der Waals surface area contributed by atoms with Gasteiger partial charge in [0.1, 0.15) is 0 Å². The highest BCUT2D eigenvalue weighted by Gasteiger charge is 2.54. The minimum absolute atomic E-state index is 0.758. The van der Waals surface area contributed by atoms with Crippen LogP contribution in [-0.4, -0.2) is 8.07 Å². The molecule has 4 unspecified atom stereocenters. The summed E-state index contributed by atoms with van der Waals surface area (Å²) in [5.74, 6) is 1.52. The first-order valence-electron chi connectivity index (χ1n) is 10.5. The summed E-state index contributed by atoms with van der Waals surface area (Å²) in [5, 5.41) is 0. The van der Waals surface area contributed by atoms with E-state index in [1.165, 1.54) is 33.9 Å². The Kier molecular flexibility index (Phi) is 5.50. The van der Waals surface area contributed by atoms with Gasteiger partial charge in [0.25, 0.3) is 0 Å². The molecule has 0 spiro atoms. The second-order valence-corrected chi connectivity index (χ2v) is 15.7. The van der Waals surface area contributed by atoms with E-state index in [1.807, 2.05) is 0 Å². The number of hydrogen-bond acceptors (Lipinski definition) is 0. The molecule has 4 rings (SSSR count). The van der Waals surface area contributed by atoms with Gasteiger partial charge in [-0.1, -0.05) is 95.9 Å². The summed E-state index contributed by atoms with van der Waals surface area (Å²) in [4.78, 5) is 0. The van der Waals surface area contributed by atoms with E-state index in [0.29, 0.717) is 0 Å². The van der Waals surface area contributed by atoms with Gasteiger partial charge in [-0.05, 0) is 70.1 Å². The predicted molar refractivity (Wildman–Crippen MR) is 126 cm³/mol. The topological polar surface area (TPSA) is 0 Å². The monoisotopic (exact) mass is 504 g/mol. The molecule has 0 N–H and O–H groups in total. The number of hydrogen-bond donors (Lipinski definition) is 0. The van der Waals surface area contributed by atoms with Crippen LogP contribution in [0.4, 0.5) is 0 Å². The lowest BCUT2D eigenvalue weighted by Gasteiger charge is -2.46. The van der Waals surface area contributed by atoms with Gasteiger partial charge in [0.15, 0.2) is 0 Å². The molecule has 2 aliphatic rings. The molecule has 0 saturated heterocycles. The van der Waals surface area contributed by atoms with Gasteiger partial charge >= 0.3 is 0 Å². The lowest BCUT2D eigenvalue weighted by molar-refractivity contribution is 0.534.